The number of aryl methyl sites for hydroxylation is 1. The standard InChI is InChI=1S/C33H42N6O2/c1-5-30(40)38-18-19-39(24(3)20-38)32-27-14-9-17-37(29-15-7-12-25-11-6-10-23(2)31(25)29)21-28(27)34-33(35-32)41-22-26-13-8-16-36(26)4/h5-7,10-12,15,24,26H,1,8-9,13-14,16-22H2,2-4H3/t24-,26-/m0/s1. The van der Waals surface area contributed by atoms with E-state index in [1.54, 1.807) is 0 Å². The molecule has 0 unspecified atom stereocenters. The van der Waals surface area contributed by atoms with Gasteiger partial charge in [-0.3, -0.25) is 4.79 Å². The number of nitrogens with zero attached hydrogens (tertiary/aromatic N) is 6. The Morgan fingerprint density at radius 1 is 1.10 bits per heavy atom. The molecule has 2 atom stereocenters. The van der Waals surface area contributed by atoms with Gasteiger partial charge in [-0.2, -0.15) is 9.97 Å². The van der Waals surface area contributed by atoms with Gasteiger partial charge in [0.05, 0.1) is 12.2 Å². The van der Waals surface area contributed by atoms with Crippen molar-refractivity contribution < 1.29 is 9.53 Å². The van der Waals surface area contributed by atoms with Crippen LogP contribution in [-0.2, 0) is 17.8 Å². The number of hydrogen-bond donors (Lipinski definition) is 0. The van der Waals surface area contributed by atoms with Gasteiger partial charge in [-0.15, -0.1) is 0 Å². The van der Waals surface area contributed by atoms with Crippen LogP contribution in [0.2, 0.25) is 0 Å². The highest BCUT2D eigenvalue weighted by Crippen LogP contribution is 2.35. The van der Waals surface area contributed by atoms with Gasteiger partial charge in [0.2, 0.25) is 5.91 Å². The van der Waals surface area contributed by atoms with Crippen LogP contribution in [0.25, 0.3) is 10.8 Å². The maximum atomic E-state index is 12.3. The summed E-state index contributed by atoms with van der Waals surface area (Å²) < 4.78 is 6.35. The Kier molecular flexibility index (Phi) is 7.84. The predicted octanol–water partition coefficient (Wildman–Crippen LogP) is 4.59. The molecule has 0 radical (unpaired) electrons. The van der Waals surface area contributed by atoms with E-state index in [4.69, 9.17) is 14.7 Å². The molecule has 4 heterocycles. The van der Waals surface area contributed by atoms with Crippen molar-refractivity contribution in [3.8, 4) is 6.01 Å². The molecule has 2 aromatic carbocycles. The number of likely N-dealkylation sites (tertiary alicyclic amines) is 1. The normalized spacial score (nSPS) is 21.6. The fourth-order valence-corrected chi connectivity index (χ4v) is 6.83. The van der Waals surface area contributed by atoms with Crippen LogP contribution in [0.15, 0.2) is 49.1 Å². The van der Waals surface area contributed by atoms with Crippen molar-refractivity contribution in [2.75, 3.05) is 56.2 Å². The summed E-state index contributed by atoms with van der Waals surface area (Å²) in [4.78, 5) is 31.6. The molecule has 0 saturated carbocycles. The number of piperazine rings is 1. The lowest BCUT2D eigenvalue weighted by molar-refractivity contribution is -0.126. The third kappa shape index (κ3) is 5.49. The van der Waals surface area contributed by atoms with Crippen LogP contribution >= 0.6 is 0 Å². The fraction of sp³-hybridized carbons (Fsp3) is 0.485. The van der Waals surface area contributed by atoms with Crippen LogP contribution < -0.4 is 14.5 Å². The van der Waals surface area contributed by atoms with Gasteiger partial charge in [0.15, 0.2) is 0 Å². The smallest absolute Gasteiger partial charge is 0.318 e. The number of fused-ring (bicyclic) bond motifs is 2. The van der Waals surface area contributed by atoms with Crippen molar-refractivity contribution in [2.45, 2.75) is 58.2 Å². The van der Waals surface area contributed by atoms with Gasteiger partial charge in [-0.1, -0.05) is 36.9 Å². The molecule has 8 nitrogen and oxygen atoms in total. The second kappa shape index (κ2) is 11.7. The van der Waals surface area contributed by atoms with Crippen molar-refractivity contribution in [3.63, 3.8) is 0 Å². The van der Waals surface area contributed by atoms with E-state index in [0.717, 1.165) is 50.4 Å². The van der Waals surface area contributed by atoms with Gasteiger partial charge in [-0.05, 0) is 76.2 Å². The van der Waals surface area contributed by atoms with Crippen molar-refractivity contribution in [2.24, 2.45) is 0 Å². The molecular weight excluding hydrogens is 512 g/mol. The van der Waals surface area contributed by atoms with E-state index in [1.165, 1.54) is 40.1 Å². The molecule has 1 amide bonds. The summed E-state index contributed by atoms with van der Waals surface area (Å²) in [6.45, 7) is 13.4. The van der Waals surface area contributed by atoms with E-state index < -0.39 is 0 Å². The summed E-state index contributed by atoms with van der Waals surface area (Å²) in [7, 11) is 2.17. The quantitative estimate of drug-likeness (QED) is 0.413. The third-order valence-electron chi connectivity index (χ3n) is 9.14. The van der Waals surface area contributed by atoms with Crippen molar-refractivity contribution in [1.82, 2.24) is 19.8 Å². The Hall–Kier alpha value is -3.65. The maximum absolute atomic E-state index is 12.3. The zero-order chi connectivity index (χ0) is 28.5. The topological polar surface area (TPSA) is 65.0 Å². The van der Waals surface area contributed by atoms with E-state index in [9.17, 15) is 4.79 Å². The first-order chi connectivity index (χ1) is 19.9. The summed E-state index contributed by atoms with van der Waals surface area (Å²) in [6, 6.07) is 14.1. The molecule has 3 aliphatic heterocycles. The molecule has 216 valence electrons. The lowest BCUT2D eigenvalue weighted by Gasteiger charge is -2.41. The number of hydrogen-bond acceptors (Lipinski definition) is 7. The SMILES string of the molecule is C=CC(=O)N1CCN(c2nc(OC[C@@H]3CCCN3C)nc3c2CCCN(c2cccc4cccc(C)c24)C3)[C@@H](C)C1. The number of ether oxygens (including phenoxy) is 1. The van der Waals surface area contributed by atoms with Crippen molar-refractivity contribution in [3.05, 3.63) is 65.9 Å². The zero-order valence-electron chi connectivity index (χ0n) is 24.7. The van der Waals surface area contributed by atoms with Gasteiger partial charge < -0.3 is 24.3 Å². The van der Waals surface area contributed by atoms with E-state index in [-0.39, 0.29) is 11.9 Å². The lowest BCUT2D eigenvalue weighted by atomic mass is 10.0. The Morgan fingerprint density at radius 3 is 2.68 bits per heavy atom. The average Bonchev–Trinajstić information content (AvgIpc) is 3.27. The van der Waals surface area contributed by atoms with Crippen molar-refractivity contribution in [1.29, 1.82) is 0 Å². The van der Waals surface area contributed by atoms with Crippen LogP contribution in [0, 0.1) is 6.92 Å². The monoisotopic (exact) mass is 554 g/mol. The third-order valence-corrected chi connectivity index (χ3v) is 9.14. The molecule has 3 aromatic rings. The Bertz CT molecular complexity index is 1440. The first-order valence-electron chi connectivity index (χ1n) is 15.1. The van der Waals surface area contributed by atoms with Crippen LogP contribution in [-0.4, -0.2) is 84.1 Å². The van der Waals surface area contributed by atoms with Gasteiger partial charge in [-0.25, -0.2) is 0 Å². The molecule has 8 heteroatoms. The fourth-order valence-electron chi connectivity index (χ4n) is 6.83. The summed E-state index contributed by atoms with van der Waals surface area (Å²) >= 11 is 0. The second-order valence-electron chi connectivity index (χ2n) is 11.8. The number of rotatable bonds is 6. The van der Waals surface area contributed by atoms with Gasteiger partial charge in [0.1, 0.15) is 12.4 Å². The number of likely N-dealkylation sites (N-methyl/N-ethyl adjacent to an activating group) is 1. The highest BCUT2D eigenvalue weighted by atomic mass is 16.5. The molecule has 0 aliphatic carbocycles. The molecule has 0 bridgehead atoms. The summed E-state index contributed by atoms with van der Waals surface area (Å²) in [5, 5.41) is 2.57. The van der Waals surface area contributed by atoms with E-state index in [1.807, 2.05) is 4.90 Å². The molecule has 6 rings (SSSR count). The van der Waals surface area contributed by atoms with Crippen LogP contribution in [0.5, 0.6) is 6.01 Å². The Balaban J connectivity index is 1.36. The Morgan fingerprint density at radius 2 is 1.93 bits per heavy atom. The van der Waals surface area contributed by atoms with Crippen LogP contribution in [0.1, 0.15) is 43.0 Å². The number of carbonyl (C=O) groups is 1. The highest BCUT2D eigenvalue weighted by molar-refractivity contribution is 5.97. The molecule has 2 fully saturated rings. The first-order valence-corrected chi connectivity index (χ1v) is 15.1. The average molecular weight is 555 g/mol. The first kappa shape index (κ1) is 27.5. The number of aromatic nitrogens is 2. The van der Waals surface area contributed by atoms with E-state index in [2.05, 4.69) is 78.6 Å². The minimum absolute atomic E-state index is 0.0104. The molecular formula is C33H42N6O2. The minimum atomic E-state index is -0.0104. The number of benzene rings is 2. The molecule has 0 spiro atoms. The lowest BCUT2D eigenvalue weighted by Crippen LogP contribution is -2.54. The largest absolute Gasteiger partial charge is 0.462 e. The zero-order valence-corrected chi connectivity index (χ0v) is 24.7. The predicted molar refractivity (Wildman–Crippen MR) is 165 cm³/mol. The molecule has 0 N–H and O–H groups in total. The molecule has 3 aliphatic rings. The molecule has 41 heavy (non-hydrogen) atoms. The van der Waals surface area contributed by atoms with Crippen LogP contribution in [0.3, 0.4) is 0 Å². The minimum Gasteiger partial charge on any atom is -0.462 e. The van der Waals surface area contributed by atoms with Crippen molar-refractivity contribution >= 4 is 28.2 Å². The second-order valence-corrected chi connectivity index (χ2v) is 11.8. The van der Waals surface area contributed by atoms with E-state index >= 15 is 0 Å². The number of carbonyl (C=O) groups excluding carboxylic acids is 1. The highest BCUT2D eigenvalue weighted by Gasteiger charge is 2.32. The number of amides is 1. The van der Waals surface area contributed by atoms with Crippen LogP contribution in [0.4, 0.5) is 11.5 Å². The summed E-state index contributed by atoms with van der Waals surface area (Å²) in [5.41, 5.74) is 4.81. The Labute approximate surface area is 243 Å². The molecule has 1 aromatic heterocycles. The van der Waals surface area contributed by atoms with Gasteiger partial charge in [0.25, 0.3) is 0 Å². The summed E-state index contributed by atoms with van der Waals surface area (Å²) in [5.74, 6) is 0.961. The van der Waals surface area contributed by atoms with Gasteiger partial charge >= 0.3 is 6.01 Å². The maximum Gasteiger partial charge on any atom is 0.318 e. The number of anilines is 2. The van der Waals surface area contributed by atoms with E-state index in [0.29, 0.717) is 38.3 Å². The summed E-state index contributed by atoms with van der Waals surface area (Å²) in [6.07, 6.45) is 5.68. The molecule has 2 saturated heterocycles. The van der Waals surface area contributed by atoms with Gasteiger partial charge in [0, 0.05) is 54.9 Å².